The zero-order valence-electron chi connectivity index (χ0n) is 16.3. The maximum atomic E-state index is 12.5. The molecule has 5 nitrogen and oxygen atoms in total. The van der Waals surface area contributed by atoms with Crippen molar-refractivity contribution in [3.05, 3.63) is 53.1 Å². The quantitative estimate of drug-likeness (QED) is 0.815. The van der Waals surface area contributed by atoms with Crippen LogP contribution in [0.2, 0.25) is 0 Å². The first-order valence-corrected chi connectivity index (χ1v) is 9.57. The smallest absolute Gasteiger partial charge is 0.387 e. The van der Waals surface area contributed by atoms with Gasteiger partial charge in [-0.05, 0) is 61.2 Å². The minimum absolute atomic E-state index is 0.0518. The van der Waals surface area contributed by atoms with Crippen molar-refractivity contribution < 1.29 is 28.1 Å². The molecule has 1 aliphatic carbocycles. The van der Waals surface area contributed by atoms with E-state index in [0.717, 1.165) is 28.8 Å². The van der Waals surface area contributed by atoms with E-state index in [1.165, 1.54) is 12.1 Å². The average molecular weight is 403 g/mol. The number of hydrogen-bond acceptors (Lipinski definition) is 5. The van der Waals surface area contributed by atoms with E-state index in [9.17, 15) is 13.9 Å². The van der Waals surface area contributed by atoms with E-state index in [2.05, 4.69) is 4.74 Å². The SMILES string of the molecule is COc1cc2c(cc1OC)C1CC(O)CCC1N=C2c1ccc(OC(F)F)cc1. The molecule has 1 heterocycles. The number of benzene rings is 2. The number of nitrogens with zero attached hydrogens (tertiary/aromatic N) is 1. The first-order valence-electron chi connectivity index (χ1n) is 9.57. The number of ether oxygens (including phenoxy) is 3. The maximum absolute atomic E-state index is 12.5. The second-order valence-electron chi connectivity index (χ2n) is 7.32. The summed E-state index contributed by atoms with van der Waals surface area (Å²) in [6.45, 7) is -2.86. The summed E-state index contributed by atoms with van der Waals surface area (Å²) in [6, 6.07) is 10.4. The molecular formula is C22H23F2NO4. The monoisotopic (exact) mass is 403 g/mol. The zero-order valence-corrected chi connectivity index (χ0v) is 16.3. The Hall–Kier alpha value is -2.67. The third kappa shape index (κ3) is 3.79. The second-order valence-corrected chi connectivity index (χ2v) is 7.32. The Balaban J connectivity index is 1.80. The van der Waals surface area contributed by atoms with Crippen molar-refractivity contribution in [1.82, 2.24) is 0 Å². The number of alkyl halides is 2. The van der Waals surface area contributed by atoms with Crippen molar-refractivity contribution in [2.45, 2.75) is 43.9 Å². The van der Waals surface area contributed by atoms with Gasteiger partial charge in [0.2, 0.25) is 0 Å². The van der Waals surface area contributed by atoms with Crippen LogP contribution in [0.15, 0.2) is 41.4 Å². The maximum Gasteiger partial charge on any atom is 0.387 e. The largest absolute Gasteiger partial charge is 0.493 e. The fourth-order valence-electron chi connectivity index (χ4n) is 4.29. The van der Waals surface area contributed by atoms with E-state index < -0.39 is 6.61 Å². The van der Waals surface area contributed by atoms with Crippen LogP contribution >= 0.6 is 0 Å². The Kier molecular flexibility index (Phi) is 5.41. The lowest BCUT2D eigenvalue weighted by molar-refractivity contribution is -0.0498. The van der Waals surface area contributed by atoms with Crippen LogP contribution in [0.5, 0.6) is 17.2 Å². The van der Waals surface area contributed by atoms with Gasteiger partial charge >= 0.3 is 6.61 Å². The van der Waals surface area contributed by atoms with E-state index in [1.807, 2.05) is 12.1 Å². The second kappa shape index (κ2) is 7.99. The summed E-state index contributed by atoms with van der Waals surface area (Å²) in [7, 11) is 3.17. The van der Waals surface area contributed by atoms with Crippen molar-refractivity contribution >= 4 is 5.71 Å². The molecule has 1 aliphatic heterocycles. The van der Waals surface area contributed by atoms with Crippen LogP contribution in [0.3, 0.4) is 0 Å². The molecule has 2 aromatic rings. The Labute approximate surface area is 167 Å². The van der Waals surface area contributed by atoms with Gasteiger partial charge in [0, 0.05) is 17.0 Å². The third-order valence-electron chi connectivity index (χ3n) is 5.64. The molecule has 2 aromatic carbocycles. The van der Waals surface area contributed by atoms with Gasteiger partial charge in [-0.15, -0.1) is 0 Å². The van der Waals surface area contributed by atoms with Crippen LogP contribution in [0.25, 0.3) is 0 Å². The van der Waals surface area contributed by atoms with Gasteiger partial charge in [-0.3, -0.25) is 4.99 Å². The first kappa shape index (κ1) is 19.6. The summed E-state index contributed by atoms with van der Waals surface area (Å²) in [5.41, 5.74) is 3.55. The summed E-state index contributed by atoms with van der Waals surface area (Å²) in [5.74, 6) is 1.42. The van der Waals surface area contributed by atoms with Crippen molar-refractivity contribution in [1.29, 1.82) is 0 Å². The van der Waals surface area contributed by atoms with Crippen molar-refractivity contribution in [3.63, 3.8) is 0 Å². The molecule has 4 rings (SSSR count). The summed E-state index contributed by atoms with van der Waals surface area (Å²) in [5, 5.41) is 10.2. The Morgan fingerprint density at radius 2 is 1.72 bits per heavy atom. The molecular weight excluding hydrogens is 380 g/mol. The van der Waals surface area contributed by atoms with E-state index in [0.29, 0.717) is 24.3 Å². The minimum atomic E-state index is -2.86. The molecule has 2 aliphatic rings. The zero-order chi connectivity index (χ0) is 20.5. The number of aliphatic imine (C=N–C) groups is 1. The lowest BCUT2D eigenvalue weighted by Crippen LogP contribution is -2.34. The van der Waals surface area contributed by atoms with Gasteiger partial charge in [0.15, 0.2) is 11.5 Å². The van der Waals surface area contributed by atoms with Crippen molar-refractivity contribution in [2.24, 2.45) is 4.99 Å². The number of rotatable bonds is 5. The average Bonchev–Trinajstić information content (AvgIpc) is 2.72. The number of fused-ring (bicyclic) bond motifs is 3. The van der Waals surface area contributed by atoms with Crippen LogP contribution in [0.4, 0.5) is 8.78 Å². The number of halogens is 2. The number of hydrogen-bond donors (Lipinski definition) is 1. The highest BCUT2D eigenvalue weighted by atomic mass is 19.3. The molecule has 154 valence electrons. The molecule has 0 aromatic heterocycles. The summed E-state index contributed by atoms with van der Waals surface area (Å²) >= 11 is 0. The van der Waals surface area contributed by atoms with Gasteiger partial charge in [-0.25, -0.2) is 0 Å². The molecule has 1 saturated carbocycles. The van der Waals surface area contributed by atoms with Gasteiger partial charge in [0.05, 0.1) is 32.1 Å². The van der Waals surface area contributed by atoms with Crippen LogP contribution in [-0.2, 0) is 0 Å². The molecule has 0 saturated heterocycles. The normalized spacial score (nSPS) is 23.1. The van der Waals surface area contributed by atoms with Crippen molar-refractivity contribution in [3.8, 4) is 17.2 Å². The molecule has 0 spiro atoms. The summed E-state index contributed by atoms with van der Waals surface area (Å²) in [6.07, 6.45) is 1.79. The lowest BCUT2D eigenvalue weighted by atomic mass is 9.74. The fraction of sp³-hybridized carbons (Fsp3) is 0.409. The number of methoxy groups -OCH3 is 2. The number of aliphatic hydroxyl groups excluding tert-OH is 1. The Morgan fingerprint density at radius 1 is 1.03 bits per heavy atom. The van der Waals surface area contributed by atoms with Gasteiger partial charge in [-0.2, -0.15) is 8.78 Å². The van der Waals surface area contributed by atoms with Gasteiger partial charge in [0.1, 0.15) is 5.75 Å². The van der Waals surface area contributed by atoms with Crippen LogP contribution in [0.1, 0.15) is 41.9 Å². The Morgan fingerprint density at radius 3 is 2.38 bits per heavy atom. The summed E-state index contributed by atoms with van der Waals surface area (Å²) in [4.78, 5) is 4.99. The topological polar surface area (TPSA) is 60.3 Å². The van der Waals surface area contributed by atoms with Crippen LogP contribution in [-0.4, -0.2) is 43.8 Å². The van der Waals surface area contributed by atoms with Crippen LogP contribution < -0.4 is 14.2 Å². The standard InChI is InChI=1S/C22H23F2NO4/c1-27-19-10-15-16-9-13(26)5-8-18(16)25-21(17(15)11-20(19)28-2)12-3-6-14(7-4-12)29-22(23)24/h3-4,6-7,10-11,13,16,18,22,26H,5,8-9H2,1-2H3. The fourth-order valence-corrected chi connectivity index (χ4v) is 4.29. The van der Waals surface area contributed by atoms with Crippen molar-refractivity contribution in [2.75, 3.05) is 14.2 Å². The minimum Gasteiger partial charge on any atom is -0.493 e. The summed E-state index contributed by atoms with van der Waals surface area (Å²) < 4.78 is 40.3. The van der Waals surface area contributed by atoms with Crippen LogP contribution in [0, 0.1) is 0 Å². The molecule has 29 heavy (non-hydrogen) atoms. The van der Waals surface area contributed by atoms with E-state index >= 15 is 0 Å². The van der Waals surface area contributed by atoms with Gasteiger partial charge in [-0.1, -0.05) is 0 Å². The van der Waals surface area contributed by atoms with Gasteiger partial charge < -0.3 is 19.3 Å². The predicted octanol–water partition coefficient (Wildman–Crippen LogP) is 4.15. The van der Waals surface area contributed by atoms with Gasteiger partial charge in [0.25, 0.3) is 0 Å². The molecule has 1 N–H and O–H groups in total. The Bertz CT molecular complexity index is 914. The predicted molar refractivity (Wildman–Crippen MR) is 105 cm³/mol. The molecule has 0 bridgehead atoms. The van der Waals surface area contributed by atoms with E-state index in [-0.39, 0.29) is 23.8 Å². The number of aliphatic hydroxyl groups is 1. The van der Waals surface area contributed by atoms with E-state index in [1.54, 1.807) is 26.4 Å². The molecule has 3 unspecified atom stereocenters. The molecule has 3 atom stereocenters. The lowest BCUT2D eigenvalue weighted by Gasteiger charge is -2.37. The highest BCUT2D eigenvalue weighted by molar-refractivity contribution is 6.15. The van der Waals surface area contributed by atoms with E-state index in [4.69, 9.17) is 14.5 Å². The third-order valence-corrected chi connectivity index (χ3v) is 5.64. The molecule has 0 radical (unpaired) electrons. The molecule has 1 fully saturated rings. The molecule has 7 heteroatoms. The first-order chi connectivity index (χ1) is 14.0. The molecule has 0 amide bonds. The highest BCUT2D eigenvalue weighted by Gasteiger charge is 2.37. The highest BCUT2D eigenvalue weighted by Crippen LogP contribution is 2.44.